The number of rotatable bonds is 3. The third-order valence-electron chi connectivity index (χ3n) is 4.27. The minimum atomic E-state index is 0.177. The van der Waals surface area contributed by atoms with Crippen LogP contribution in [0.3, 0.4) is 0 Å². The van der Waals surface area contributed by atoms with Gasteiger partial charge in [0.05, 0.1) is 12.0 Å². The third-order valence-corrected chi connectivity index (χ3v) is 4.27. The number of amides is 1. The number of piperidine rings is 1. The second kappa shape index (κ2) is 5.21. The van der Waals surface area contributed by atoms with Gasteiger partial charge >= 0.3 is 0 Å². The van der Waals surface area contributed by atoms with E-state index >= 15 is 0 Å². The Balaban J connectivity index is 1.91. The average Bonchev–Trinajstić information content (AvgIpc) is 2.82. The van der Waals surface area contributed by atoms with E-state index in [2.05, 4.69) is 39.8 Å². The van der Waals surface area contributed by atoms with E-state index in [1.807, 2.05) is 7.05 Å². The van der Waals surface area contributed by atoms with Crippen molar-refractivity contribution in [2.75, 3.05) is 25.0 Å². The molecule has 2 N–H and O–H groups in total. The monoisotopic (exact) mass is 259 g/mol. The lowest BCUT2D eigenvalue weighted by Crippen LogP contribution is -2.46. The molecule has 2 unspecified atom stereocenters. The fourth-order valence-corrected chi connectivity index (χ4v) is 3.38. The van der Waals surface area contributed by atoms with Crippen molar-refractivity contribution in [2.24, 2.45) is 5.92 Å². The maximum atomic E-state index is 11.8. The first-order valence-electron chi connectivity index (χ1n) is 7.08. The van der Waals surface area contributed by atoms with Gasteiger partial charge in [0, 0.05) is 25.3 Å². The molecule has 2 aliphatic rings. The summed E-state index contributed by atoms with van der Waals surface area (Å²) >= 11 is 0. The highest BCUT2D eigenvalue weighted by atomic mass is 16.2. The third kappa shape index (κ3) is 2.21. The van der Waals surface area contributed by atoms with Crippen molar-refractivity contribution in [3.8, 4) is 0 Å². The molecule has 0 bridgehead atoms. The highest BCUT2D eigenvalue weighted by Gasteiger charge is 2.41. The standard InChI is InChI=1S/C15H21N3O/c1-16-9-11-5-2-3-7-13(11)18-8-4-6-12-14(18)10-17-15(12)19/h2-3,5,7,12,14,16H,4,6,8-10H2,1H3,(H,17,19). The Bertz CT molecular complexity index is 474. The molecule has 0 aliphatic carbocycles. The van der Waals surface area contributed by atoms with Gasteiger partial charge in [-0.2, -0.15) is 0 Å². The maximum Gasteiger partial charge on any atom is 0.225 e. The second-order valence-corrected chi connectivity index (χ2v) is 5.41. The van der Waals surface area contributed by atoms with Crippen molar-refractivity contribution in [3.63, 3.8) is 0 Å². The van der Waals surface area contributed by atoms with Gasteiger partial charge in [-0.05, 0) is 31.5 Å². The van der Waals surface area contributed by atoms with Crippen LogP contribution in [0.2, 0.25) is 0 Å². The van der Waals surface area contributed by atoms with E-state index < -0.39 is 0 Å². The Hall–Kier alpha value is -1.55. The van der Waals surface area contributed by atoms with Crippen LogP contribution in [-0.4, -0.2) is 32.1 Å². The molecule has 0 radical (unpaired) electrons. The summed E-state index contributed by atoms with van der Waals surface area (Å²) in [5, 5.41) is 6.24. The summed E-state index contributed by atoms with van der Waals surface area (Å²) in [4.78, 5) is 14.3. The molecule has 2 heterocycles. The van der Waals surface area contributed by atoms with Crippen molar-refractivity contribution in [1.29, 1.82) is 0 Å². The summed E-state index contributed by atoms with van der Waals surface area (Å²) in [6.45, 7) is 2.71. The fraction of sp³-hybridized carbons (Fsp3) is 0.533. The first-order valence-corrected chi connectivity index (χ1v) is 7.08. The largest absolute Gasteiger partial charge is 0.366 e. The van der Waals surface area contributed by atoms with E-state index in [0.29, 0.717) is 6.04 Å². The predicted octanol–water partition coefficient (Wildman–Crippen LogP) is 1.12. The quantitative estimate of drug-likeness (QED) is 0.855. The lowest BCUT2D eigenvalue weighted by molar-refractivity contribution is -0.122. The Morgan fingerprint density at radius 1 is 1.42 bits per heavy atom. The maximum absolute atomic E-state index is 11.8. The van der Waals surface area contributed by atoms with Gasteiger partial charge < -0.3 is 15.5 Å². The Morgan fingerprint density at radius 2 is 2.26 bits per heavy atom. The van der Waals surface area contributed by atoms with Gasteiger partial charge in [-0.25, -0.2) is 0 Å². The minimum Gasteiger partial charge on any atom is -0.366 e. The minimum absolute atomic E-state index is 0.177. The highest BCUT2D eigenvalue weighted by Crippen LogP contribution is 2.33. The molecule has 2 aliphatic heterocycles. The van der Waals surface area contributed by atoms with Crippen molar-refractivity contribution in [2.45, 2.75) is 25.4 Å². The number of para-hydroxylation sites is 1. The van der Waals surface area contributed by atoms with E-state index in [9.17, 15) is 4.79 Å². The molecule has 0 aromatic heterocycles. The van der Waals surface area contributed by atoms with Gasteiger partial charge in [-0.3, -0.25) is 4.79 Å². The van der Waals surface area contributed by atoms with Gasteiger partial charge in [0.15, 0.2) is 0 Å². The molecular weight excluding hydrogens is 238 g/mol. The van der Waals surface area contributed by atoms with Crippen LogP contribution >= 0.6 is 0 Å². The molecule has 0 saturated carbocycles. The summed E-state index contributed by atoms with van der Waals surface area (Å²) in [7, 11) is 1.97. The van der Waals surface area contributed by atoms with Crippen LogP contribution in [0.1, 0.15) is 18.4 Å². The van der Waals surface area contributed by atoms with Crippen LogP contribution < -0.4 is 15.5 Å². The Labute approximate surface area is 114 Å². The zero-order chi connectivity index (χ0) is 13.2. The molecule has 4 heteroatoms. The molecule has 3 rings (SSSR count). The molecule has 2 fully saturated rings. The Morgan fingerprint density at radius 3 is 3.11 bits per heavy atom. The van der Waals surface area contributed by atoms with Crippen LogP contribution in [0, 0.1) is 5.92 Å². The van der Waals surface area contributed by atoms with Crippen LogP contribution in [0.4, 0.5) is 5.69 Å². The number of nitrogens with zero attached hydrogens (tertiary/aromatic N) is 1. The number of fused-ring (bicyclic) bond motifs is 1. The van der Waals surface area contributed by atoms with Gasteiger partial charge in [0.25, 0.3) is 0 Å². The SMILES string of the molecule is CNCc1ccccc1N1CCCC2C(=O)NCC21. The molecule has 1 aromatic rings. The summed E-state index contributed by atoms with van der Waals surface area (Å²) in [6.07, 6.45) is 2.13. The predicted molar refractivity (Wildman–Crippen MR) is 76.1 cm³/mol. The second-order valence-electron chi connectivity index (χ2n) is 5.41. The number of carbonyl (C=O) groups excluding carboxylic acids is 1. The zero-order valence-electron chi connectivity index (χ0n) is 11.4. The average molecular weight is 259 g/mol. The van der Waals surface area contributed by atoms with E-state index in [-0.39, 0.29) is 11.8 Å². The number of anilines is 1. The van der Waals surface area contributed by atoms with Crippen LogP contribution in [-0.2, 0) is 11.3 Å². The van der Waals surface area contributed by atoms with E-state index in [1.165, 1.54) is 11.3 Å². The number of benzene rings is 1. The molecule has 19 heavy (non-hydrogen) atoms. The Kier molecular flexibility index (Phi) is 3.42. The highest BCUT2D eigenvalue weighted by molar-refractivity contribution is 5.83. The van der Waals surface area contributed by atoms with Crippen molar-refractivity contribution in [3.05, 3.63) is 29.8 Å². The molecular formula is C15H21N3O. The molecule has 1 amide bonds. The van der Waals surface area contributed by atoms with Crippen molar-refractivity contribution in [1.82, 2.24) is 10.6 Å². The summed E-state index contributed by atoms with van der Waals surface area (Å²) < 4.78 is 0. The lowest BCUT2D eigenvalue weighted by Gasteiger charge is -2.38. The lowest BCUT2D eigenvalue weighted by atomic mass is 9.90. The molecule has 2 saturated heterocycles. The molecule has 4 nitrogen and oxygen atoms in total. The van der Waals surface area contributed by atoms with E-state index in [1.54, 1.807) is 0 Å². The van der Waals surface area contributed by atoms with Crippen LogP contribution in [0.5, 0.6) is 0 Å². The zero-order valence-corrected chi connectivity index (χ0v) is 11.4. The normalized spacial score (nSPS) is 26.2. The van der Waals surface area contributed by atoms with Gasteiger partial charge in [-0.15, -0.1) is 0 Å². The molecule has 102 valence electrons. The number of hydrogen-bond donors (Lipinski definition) is 2. The smallest absolute Gasteiger partial charge is 0.225 e. The van der Waals surface area contributed by atoms with Crippen LogP contribution in [0.15, 0.2) is 24.3 Å². The summed E-state index contributed by atoms with van der Waals surface area (Å²) in [5.41, 5.74) is 2.59. The summed E-state index contributed by atoms with van der Waals surface area (Å²) in [6, 6.07) is 8.84. The van der Waals surface area contributed by atoms with E-state index in [4.69, 9.17) is 0 Å². The van der Waals surface area contributed by atoms with Gasteiger partial charge in [0.1, 0.15) is 0 Å². The molecule has 0 spiro atoms. The van der Waals surface area contributed by atoms with E-state index in [0.717, 1.165) is 32.5 Å². The first kappa shape index (κ1) is 12.5. The fourth-order valence-electron chi connectivity index (χ4n) is 3.38. The molecule has 2 atom stereocenters. The summed E-state index contributed by atoms with van der Waals surface area (Å²) in [5.74, 6) is 0.414. The van der Waals surface area contributed by atoms with Crippen molar-refractivity contribution >= 4 is 11.6 Å². The van der Waals surface area contributed by atoms with Crippen LogP contribution in [0.25, 0.3) is 0 Å². The van der Waals surface area contributed by atoms with Gasteiger partial charge in [-0.1, -0.05) is 18.2 Å². The molecule has 1 aromatic carbocycles. The number of hydrogen-bond acceptors (Lipinski definition) is 3. The van der Waals surface area contributed by atoms with Gasteiger partial charge in [0.2, 0.25) is 5.91 Å². The topological polar surface area (TPSA) is 44.4 Å². The number of nitrogens with one attached hydrogen (secondary N) is 2. The number of carbonyl (C=O) groups is 1. The van der Waals surface area contributed by atoms with Crippen molar-refractivity contribution < 1.29 is 4.79 Å². The first-order chi connectivity index (χ1) is 9.31.